The number of rotatable bonds is 2. The fraction of sp³-hybridized carbons (Fsp3) is 0.429. The molecule has 38 valence electrons. The van der Waals surface area contributed by atoms with E-state index in [9.17, 15) is 0 Å². The molecule has 0 heterocycles. The van der Waals surface area contributed by atoms with Gasteiger partial charge < -0.3 is 0 Å². The van der Waals surface area contributed by atoms with Gasteiger partial charge in [0.1, 0.15) is 0 Å². The highest BCUT2D eigenvalue weighted by Crippen LogP contribution is 2.18. The second-order valence-electron chi connectivity index (χ2n) is 1.79. The van der Waals surface area contributed by atoms with Crippen LogP contribution >= 0.6 is 0 Å². The standard InChI is InChI=1S/C7H10/c1-2-3-4-7-5-6-7/h3-5H,2,6H2,1H3. The van der Waals surface area contributed by atoms with Crippen molar-refractivity contribution in [3.63, 3.8) is 0 Å². The molecule has 0 N–H and O–H groups in total. The molecule has 0 atom stereocenters. The molecule has 0 saturated heterocycles. The van der Waals surface area contributed by atoms with Gasteiger partial charge in [-0.15, -0.1) is 0 Å². The molecule has 1 aliphatic carbocycles. The van der Waals surface area contributed by atoms with Crippen LogP contribution in [0.3, 0.4) is 0 Å². The Labute approximate surface area is 44.5 Å². The molecule has 0 spiro atoms. The van der Waals surface area contributed by atoms with E-state index in [1.165, 1.54) is 12.0 Å². The molecule has 0 bridgehead atoms. The van der Waals surface area contributed by atoms with Crippen LogP contribution < -0.4 is 0 Å². The van der Waals surface area contributed by atoms with Gasteiger partial charge in [-0.1, -0.05) is 25.2 Å². The molecule has 0 radical (unpaired) electrons. The van der Waals surface area contributed by atoms with E-state index in [-0.39, 0.29) is 0 Å². The van der Waals surface area contributed by atoms with Crippen molar-refractivity contribution in [3.8, 4) is 0 Å². The lowest BCUT2D eigenvalue weighted by Crippen LogP contribution is -1.51. The third-order valence-corrected chi connectivity index (χ3v) is 1.01. The lowest BCUT2D eigenvalue weighted by Gasteiger charge is -1.71. The van der Waals surface area contributed by atoms with Gasteiger partial charge in [0, 0.05) is 0 Å². The van der Waals surface area contributed by atoms with Gasteiger partial charge >= 0.3 is 0 Å². The molecule has 0 fully saturated rings. The summed E-state index contributed by atoms with van der Waals surface area (Å²) in [7, 11) is 0. The van der Waals surface area contributed by atoms with E-state index in [0.717, 1.165) is 6.42 Å². The first-order chi connectivity index (χ1) is 3.43. The topological polar surface area (TPSA) is 0 Å². The maximum atomic E-state index is 2.23. The summed E-state index contributed by atoms with van der Waals surface area (Å²) in [5.41, 5.74) is 1.50. The van der Waals surface area contributed by atoms with Crippen LogP contribution in [0.1, 0.15) is 19.8 Å². The van der Waals surface area contributed by atoms with E-state index < -0.39 is 0 Å². The average molecular weight is 94.2 g/mol. The monoisotopic (exact) mass is 94.1 g/mol. The van der Waals surface area contributed by atoms with Gasteiger partial charge in [0.15, 0.2) is 0 Å². The summed E-state index contributed by atoms with van der Waals surface area (Å²) in [6.07, 6.45) is 9.01. The van der Waals surface area contributed by atoms with Gasteiger partial charge in [-0.05, 0) is 18.4 Å². The van der Waals surface area contributed by atoms with Crippen molar-refractivity contribution in [3.05, 3.63) is 23.8 Å². The minimum Gasteiger partial charge on any atom is -0.0845 e. The van der Waals surface area contributed by atoms with E-state index in [1.807, 2.05) is 0 Å². The first-order valence-electron chi connectivity index (χ1n) is 2.79. The van der Waals surface area contributed by atoms with E-state index in [1.54, 1.807) is 0 Å². The van der Waals surface area contributed by atoms with Crippen LogP contribution in [0.15, 0.2) is 23.8 Å². The van der Waals surface area contributed by atoms with Gasteiger partial charge in [-0.25, -0.2) is 0 Å². The molecular formula is C7H10. The van der Waals surface area contributed by atoms with Crippen LogP contribution in [-0.4, -0.2) is 0 Å². The largest absolute Gasteiger partial charge is 0.0845 e. The average Bonchev–Trinajstić information content (AvgIpc) is 2.42. The highest BCUT2D eigenvalue weighted by Gasteiger charge is 1.98. The Balaban J connectivity index is 2.18. The molecule has 0 amide bonds. The van der Waals surface area contributed by atoms with Crippen molar-refractivity contribution in [2.24, 2.45) is 0 Å². The normalized spacial score (nSPS) is 17.6. The predicted octanol–water partition coefficient (Wildman–Crippen LogP) is 2.28. The summed E-state index contributed by atoms with van der Waals surface area (Å²) < 4.78 is 0. The molecule has 0 aromatic rings. The third kappa shape index (κ3) is 1.58. The highest BCUT2D eigenvalue weighted by atomic mass is 14.0. The fourth-order valence-corrected chi connectivity index (χ4v) is 0.464. The van der Waals surface area contributed by atoms with E-state index >= 15 is 0 Å². The van der Waals surface area contributed by atoms with Crippen molar-refractivity contribution in [1.82, 2.24) is 0 Å². The first-order valence-corrected chi connectivity index (χ1v) is 2.79. The van der Waals surface area contributed by atoms with Crippen molar-refractivity contribution < 1.29 is 0 Å². The van der Waals surface area contributed by atoms with Gasteiger partial charge in [-0.2, -0.15) is 0 Å². The zero-order chi connectivity index (χ0) is 5.11. The molecule has 0 aliphatic heterocycles. The summed E-state index contributed by atoms with van der Waals surface area (Å²) in [5, 5.41) is 0. The van der Waals surface area contributed by atoms with Crippen LogP contribution in [0.2, 0.25) is 0 Å². The Kier molecular flexibility index (Phi) is 1.30. The molecule has 0 aromatic heterocycles. The minimum atomic E-state index is 1.16. The predicted molar refractivity (Wildman–Crippen MR) is 32.1 cm³/mol. The lowest BCUT2D eigenvalue weighted by molar-refractivity contribution is 1.22. The highest BCUT2D eigenvalue weighted by molar-refractivity contribution is 5.33. The Hall–Kier alpha value is -0.520. The van der Waals surface area contributed by atoms with Crippen LogP contribution in [-0.2, 0) is 0 Å². The molecule has 1 aliphatic rings. The van der Waals surface area contributed by atoms with Gasteiger partial charge in [0.25, 0.3) is 0 Å². The maximum absolute atomic E-state index is 2.23. The molecular weight excluding hydrogens is 84.1 g/mol. The molecule has 0 unspecified atom stereocenters. The molecule has 0 aromatic carbocycles. The molecule has 1 rings (SSSR count). The zero-order valence-electron chi connectivity index (χ0n) is 4.65. The van der Waals surface area contributed by atoms with E-state index in [2.05, 4.69) is 25.2 Å². The van der Waals surface area contributed by atoms with Crippen LogP contribution in [0, 0.1) is 0 Å². The molecule has 0 saturated carbocycles. The van der Waals surface area contributed by atoms with E-state index in [0.29, 0.717) is 0 Å². The van der Waals surface area contributed by atoms with Gasteiger partial charge in [0.05, 0.1) is 0 Å². The number of allylic oxidation sites excluding steroid dienone is 4. The third-order valence-electron chi connectivity index (χ3n) is 1.01. The van der Waals surface area contributed by atoms with Crippen LogP contribution in [0.4, 0.5) is 0 Å². The SMILES string of the molecule is CCC=CC1=CC1. The van der Waals surface area contributed by atoms with Crippen molar-refractivity contribution in [1.29, 1.82) is 0 Å². The number of hydrogen-bond donors (Lipinski definition) is 0. The summed E-state index contributed by atoms with van der Waals surface area (Å²) in [6, 6.07) is 0. The van der Waals surface area contributed by atoms with Crippen LogP contribution in [0.5, 0.6) is 0 Å². The fourth-order valence-electron chi connectivity index (χ4n) is 0.464. The second kappa shape index (κ2) is 1.97. The smallest absolute Gasteiger partial charge is 0.00947 e. The first kappa shape index (κ1) is 4.63. The Morgan fingerprint density at radius 1 is 1.86 bits per heavy atom. The summed E-state index contributed by atoms with van der Waals surface area (Å²) in [6.45, 7) is 2.15. The van der Waals surface area contributed by atoms with Gasteiger partial charge in [0.2, 0.25) is 0 Å². The van der Waals surface area contributed by atoms with Crippen molar-refractivity contribution in [2.45, 2.75) is 19.8 Å². The second-order valence-corrected chi connectivity index (χ2v) is 1.79. The zero-order valence-corrected chi connectivity index (χ0v) is 4.65. The Morgan fingerprint density at radius 3 is 3.00 bits per heavy atom. The summed E-state index contributed by atoms with van der Waals surface area (Å²) >= 11 is 0. The van der Waals surface area contributed by atoms with Crippen molar-refractivity contribution >= 4 is 0 Å². The van der Waals surface area contributed by atoms with E-state index in [4.69, 9.17) is 0 Å². The molecule has 0 heteroatoms. The van der Waals surface area contributed by atoms with Crippen LogP contribution in [0.25, 0.3) is 0 Å². The molecule has 0 nitrogen and oxygen atoms in total. The lowest BCUT2D eigenvalue weighted by atomic mass is 10.4. The minimum absolute atomic E-state index is 1.16. The maximum Gasteiger partial charge on any atom is -0.00947 e. The Bertz CT molecular complexity index is 107. The summed E-state index contributed by atoms with van der Waals surface area (Å²) in [4.78, 5) is 0. The molecule has 7 heavy (non-hydrogen) atoms. The van der Waals surface area contributed by atoms with Gasteiger partial charge in [-0.3, -0.25) is 0 Å². The number of hydrogen-bond acceptors (Lipinski definition) is 0. The summed E-state index contributed by atoms with van der Waals surface area (Å²) in [5.74, 6) is 0. The van der Waals surface area contributed by atoms with Crippen molar-refractivity contribution in [2.75, 3.05) is 0 Å². The Morgan fingerprint density at radius 2 is 2.57 bits per heavy atom. The quantitative estimate of drug-likeness (QED) is 0.492.